The molecule has 0 fully saturated rings. The van der Waals surface area contributed by atoms with Crippen LogP contribution in [0.15, 0.2) is 82.3 Å². The molecular weight excluding hydrogens is 371 g/mol. The fraction of sp³-hybridized carbons (Fsp3) is 0. The zero-order chi connectivity index (χ0) is 19.3. The van der Waals surface area contributed by atoms with Gasteiger partial charge in [0.15, 0.2) is 0 Å². The molecule has 0 aliphatic rings. The zero-order valence-corrected chi connectivity index (χ0v) is 14.7. The van der Waals surface area contributed by atoms with Crippen LogP contribution in [0, 0.1) is 5.82 Å². The summed E-state index contributed by atoms with van der Waals surface area (Å²) in [5.41, 5.74) is 0.682. The van der Waals surface area contributed by atoms with Crippen molar-refractivity contribution in [2.75, 3.05) is 10.0 Å². The van der Waals surface area contributed by atoms with Gasteiger partial charge in [0.2, 0.25) is 5.91 Å². The van der Waals surface area contributed by atoms with Crippen molar-refractivity contribution in [2.45, 2.75) is 4.90 Å². The molecule has 3 rings (SSSR count). The van der Waals surface area contributed by atoms with E-state index in [-0.39, 0.29) is 16.5 Å². The zero-order valence-electron chi connectivity index (χ0n) is 13.9. The molecule has 6 nitrogen and oxygen atoms in total. The van der Waals surface area contributed by atoms with Gasteiger partial charge >= 0.3 is 0 Å². The molecule has 0 saturated carbocycles. The molecule has 1 aromatic heterocycles. The van der Waals surface area contributed by atoms with E-state index in [1.54, 1.807) is 12.1 Å². The number of carbonyl (C=O) groups is 1. The van der Waals surface area contributed by atoms with Gasteiger partial charge in [-0.25, -0.2) is 12.8 Å². The summed E-state index contributed by atoms with van der Waals surface area (Å²) in [7, 11) is -3.82. The molecule has 1 amide bonds. The minimum atomic E-state index is -3.82. The third kappa shape index (κ3) is 5.05. The van der Waals surface area contributed by atoms with Crippen LogP contribution in [-0.2, 0) is 14.8 Å². The average molecular weight is 386 g/mol. The van der Waals surface area contributed by atoms with E-state index >= 15 is 0 Å². The second kappa shape index (κ2) is 7.88. The summed E-state index contributed by atoms with van der Waals surface area (Å²) in [5.74, 6) is -0.302. The first-order valence-electron chi connectivity index (χ1n) is 7.83. The number of hydrogen-bond acceptors (Lipinski definition) is 4. The molecule has 138 valence electrons. The Kier molecular flexibility index (Phi) is 5.37. The van der Waals surface area contributed by atoms with Gasteiger partial charge in [0.05, 0.1) is 11.2 Å². The smallest absolute Gasteiger partial charge is 0.261 e. The number of amides is 1. The minimum absolute atomic E-state index is 0.0101. The van der Waals surface area contributed by atoms with Crippen LogP contribution < -0.4 is 10.0 Å². The number of nitrogens with one attached hydrogen (secondary N) is 2. The average Bonchev–Trinajstić information content (AvgIpc) is 3.16. The van der Waals surface area contributed by atoms with Crippen LogP contribution in [0.25, 0.3) is 6.08 Å². The predicted octanol–water partition coefficient (Wildman–Crippen LogP) is 3.87. The van der Waals surface area contributed by atoms with E-state index < -0.39 is 15.8 Å². The van der Waals surface area contributed by atoms with Gasteiger partial charge in [0, 0.05) is 17.5 Å². The Hall–Kier alpha value is -3.39. The van der Waals surface area contributed by atoms with Gasteiger partial charge < -0.3 is 9.73 Å². The van der Waals surface area contributed by atoms with Crippen LogP contribution in [0.5, 0.6) is 0 Å². The highest BCUT2D eigenvalue weighted by Gasteiger charge is 2.14. The SMILES string of the molecule is O=C(/C=C/c1ccco1)Nc1ccc(S(=O)(=O)Nc2ccc(F)cc2)cc1. The standard InChI is InChI=1S/C19H15FN2O4S/c20-14-3-5-16(6-4-14)22-27(24,25)18-10-7-15(8-11-18)21-19(23)12-9-17-2-1-13-26-17/h1-13,22H,(H,21,23)/b12-9+. The number of furan rings is 1. The van der Waals surface area contributed by atoms with Crippen molar-refractivity contribution in [3.05, 3.63) is 84.6 Å². The number of carbonyl (C=O) groups excluding carboxylic acids is 1. The number of halogens is 1. The highest BCUT2D eigenvalue weighted by molar-refractivity contribution is 7.92. The maximum absolute atomic E-state index is 12.9. The molecule has 0 bridgehead atoms. The first-order valence-corrected chi connectivity index (χ1v) is 9.32. The van der Waals surface area contributed by atoms with E-state index in [0.717, 1.165) is 12.1 Å². The van der Waals surface area contributed by atoms with Gasteiger partial charge in [-0.2, -0.15) is 0 Å². The van der Waals surface area contributed by atoms with Crippen LogP contribution in [0.2, 0.25) is 0 Å². The first-order chi connectivity index (χ1) is 12.9. The molecule has 3 aromatic rings. The van der Waals surface area contributed by atoms with E-state index in [1.165, 1.54) is 54.8 Å². The second-order valence-corrected chi connectivity index (χ2v) is 7.16. The van der Waals surface area contributed by atoms with Crippen LogP contribution in [-0.4, -0.2) is 14.3 Å². The Bertz CT molecular complexity index is 1040. The van der Waals surface area contributed by atoms with Gasteiger partial charge in [0.25, 0.3) is 10.0 Å². The van der Waals surface area contributed by atoms with E-state index in [9.17, 15) is 17.6 Å². The topological polar surface area (TPSA) is 88.4 Å². The summed E-state index contributed by atoms with van der Waals surface area (Å²) in [6, 6.07) is 14.0. The van der Waals surface area contributed by atoms with Gasteiger partial charge in [-0.1, -0.05) is 0 Å². The summed E-state index contributed by atoms with van der Waals surface area (Å²) < 4.78 is 45.0. The summed E-state index contributed by atoms with van der Waals surface area (Å²) in [6.45, 7) is 0. The summed E-state index contributed by atoms with van der Waals surface area (Å²) in [6.07, 6.45) is 4.32. The van der Waals surface area contributed by atoms with Gasteiger partial charge in [0.1, 0.15) is 11.6 Å². The third-order valence-corrected chi connectivity index (χ3v) is 4.87. The number of anilines is 2. The van der Waals surface area contributed by atoms with Crippen LogP contribution >= 0.6 is 0 Å². The number of hydrogen-bond donors (Lipinski definition) is 2. The molecular formula is C19H15FN2O4S. The van der Waals surface area contributed by atoms with E-state index in [1.807, 2.05) is 0 Å². The molecule has 0 saturated heterocycles. The molecule has 1 heterocycles. The monoisotopic (exact) mass is 386 g/mol. The molecule has 2 N–H and O–H groups in total. The van der Waals surface area contributed by atoms with Crippen molar-refractivity contribution in [3.63, 3.8) is 0 Å². The van der Waals surface area contributed by atoms with Gasteiger partial charge in [-0.05, 0) is 66.7 Å². The predicted molar refractivity (Wildman–Crippen MR) is 100 cm³/mol. The lowest BCUT2D eigenvalue weighted by molar-refractivity contribution is -0.111. The van der Waals surface area contributed by atoms with Crippen molar-refractivity contribution in [1.82, 2.24) is 0 Å². The number of benzene rings is 2. The van der Waals surface area contributed by atoms with E-state index in [0.29, 0.717) is 11.4 Å². The molecule has 0 aliphatic carbocycles. The highest BCUT2D eigenvalue weighted by Crippen LogP contribution is 2.18. The quantitative estimate of drug-likeness (QED) is 0.630. The van der Waals surface area contributed by atoms with Crippen molar-refractivity contribution in [2.24, 2.45) is 0 Å². The Morgan fingerprint density at radius 1 is 0.963 bits per heavy atom. The maximum atomic E-state index is 12.9. The molecule has 0 atom stereocenters. The Morgan fingerprint density at radius 3 is 2.26 bits per heavy atom. The number of rotatable bonds is 6. The highest BCUT2D eigenvalue weighted by atomic mass is 32.2. The van der Waals surface area contributed by atoms with Gasteiger partial charge in [-0.3, -0.25) is 9.52 Å². The molecule has 0 radical (unpaired) electrons. The largest absolute Gasteiger partial charge is 0.465 e. The molecule has 2 aromatic carbocycles. The Balaban J connectivity index is 1.65. The molecule has 0 spiro atoms. The normalized spacial score (nSPS) is 11.4. The first kappa shape index (κ1) is 18.4. The Labute approximate surface area is 155 Å². The molecule has 8 heteroatoms. The third-order valence-electron chi connectivity index (χ3n) is 3.47. The minimum Gasteiger partial charge on any atom is -0.465 e. The number of sulfonamides is 1. The maximum Gasteiger partial charge on any atom is 0.261 e. The second-order valence-electron chi connectivity index (χ2n) is 5.47. The van der Waals surface area contributed by atoms with E-state index in [2.05, 4.69) is 10.0 Å². The lowest BCUT2D eigenvalue weighted by atomic mass is 10.3. The van der Waals surface area contributed by atoms with E-state index in [4.69, 9.17) is 4.42 Å². The Morgan fingerprint density at radius 2 is 1.63 bits per heavy atom. The van der Waals surface area contributed by atoms with Crippen LogP contribution in [0.3, 0.4) is 0 Å². The summed E-state index contributed by atoms with van der Waals surface area (Å²) in [5, 5.41) is 2.61. The van der Waals surface area contributed by atoms with Crippen molar-refractivity contribution in [3.8, 4) is 0 Å². The van der Waals surface area contributed by atoms with Crippen molar-refractivity contribution >= 4 is 33.4 Å². The molecule has 0 unspecified atom stereocenters. The fourth-order valence-electron chi connectivity index (χ4n) is 2.18. The molecule has 27 heavy (non-hydrogen) atoms. The fourth-order valence-corrected chi connectivity index (χ4v) is 3.24. The van der Waals surface area contributed by atoms with Crippen molar-refractivity contribution < 1.29 is 22.0 Å². The van der Waals surface area contributed by atoms with Crippen LogP contribution in [0.1, 0.15) is 5.76 Å². The lowest BCUT2D eigenvalue weighted by Crippen LogP contribution is -2.13. The van der Waals surface area contributed by atoms with Crippen molar-refractivity contribution in [1.29, 1.82) is 0 Å². The van der Waals surface area contributed by atoms with Gasteiger partial charge in [-0.15, -0.1) is 0 Å². The lowest BCUT2D eigenvalue weighted by Gasteiger charge is -2.09. The summed E-state index contributed by atoms with van der Waals surface area (Å²) >= 11 is 0. The molecule has 0 aliphatic heterocycles. The summed E-state index contributed by atoms with van der Waals surface area (Å²) in [4.78, 5) is 11.9. The van der Waals surface area contributed by atoms with Crippen LogP contribution in [0.4, 0.5) is 15.8 Å².